The van der Waals surface area contributed by atoms with Crippen molar-refractivity contribution in [3.63, 3.8) is 0 Å². The molecule has 160 valence electrons. The van der Waals surface area contributed by atoms with Crippen LogP contribution in [0.15, 0.2) is 0 Å². The molecule has 0 aliphatic carbocycles. The third kappa shape index (κ3) is 9.45. The fraction of sp³-hybridized carbons (Fsp3) is 0.944. The number of hydrogen-bond acceptors (Lipinski definition) is 4. The number of nitrogens with zero attached hydrogens (tertiary/aromatic N) is 2. The second-order valence-electron chi connectivity index (χ2n) is 7.53. The van der Waals surface area contributed by atoms with Crippen LogP contribution in [0.2, 0.25) is 0 Å². The van der Waals surface area contributed by atoms with Gasteiger partial charge in [0, 0.05) is 45.8 Å². The van der Waals surface area contributed by atoms with Crippen molar-refractivity contribution in [3.05, 3.63) is 0 Å². The highest BCUT2D eigenvalue weighted by Gasteiger charge is 2.28. The molecule has 1 amide bonds. The van der Waals surface area contributed by atoms with Gasteiger partial charge in [-0.15, -0.1) is 12.4 Å². The summed E-state index contributed by atoms with van der Waals surface area (Å²) in [6, 6.07) is 0. The molecule has 0 aromatic carbocycles. The van der Waals surface area contributed by atoms with Crippen molar-refractivity contribution >= 4 is 18.3 Å². The van der Waals surface area contributed by atoms with E-state index in [2.05, 4.69) is 21.9 Å². The quantitative estimate of drug-likeness (QED) is 0.619. The highest BCUT2D eigenvalue weighted by molar-refractivity contribution is 5.85. The summed E-state index contributed by atoms with van der Waals surface area (Å²) in [7, 11) is 0. The average molecular weight is 416 g/mol. The van der Waals surface area contributed by atoms with E-state index in [9.17, 15) is 18.0 Å². The van der Waals surface area contributed by atoms with E-state index in [0.29, 0.717) is 44.3 Å². The van der Waals surface area contributed by atoms with Crippen LogP contribution in [0.25, 0.3) is 0 Å². The molecule has 0 spiro atoms. The van der Waals surface area contributed by atoms with Crippen LogP contribution in [0, 0.1) is 11.8 Å². The Morgan fingerprint density at radius 1 is 1.26 bits per heavy atom. The Balaban J connectivity index is 0.00000364. The number of halogens is 4. The predicted octanol–water partition coefficient (Wildman–Crippen LogP) is 2.55. The molecule has 2 heterocycles. The smallest absolute Gasteiger partial charge is 0.372 e. The Hall–Kier alpha value is -0.570. The molecule has 2 unspecified atom stereocenters. The van der Waals surface area contributed by atoms with Gasteiger partial charge < -0.3 is 15.0 Å². The van der Waals surface area contributed by atoms with Crippen LogP contribution in [0.4, 0.5) is 13.2 Å². The van der Waals surface area contributed by atoms with Gasteiger partial charge in [0.25, 0.3) is 0 Å². The summed E-state index contributed by atoms with van der Waals surface area (Å²) in [6.07, 6.45) is -0.676. The highest BCUT2D eigenvalue weighted by atomic mass is 35.5. The molecule has 27 heavy (non-hydrogen) atoms. The summed E-state index contributed by atoms with van der Waals surface area (Å²) in [5.41, 5.74) is 0. The Morgan fingerprint density at radius 2 is 1.96 bits per heavy atom. The standard InChI is InChI=1S/C18H32F3N3O2.ClH/c1-15(16-4-2-5-22-13-16)12-17(25)24-9-7-23(8-10-24)6-3-11-26-14-18(19,20)21;/h15-16,22H,2-14H2,1H3;1H. The zero-order valence-corrected chi connectivity index (χ0v) is 16.9. The SMILES string of the molecule is CC(CC(=O)N1CCN(CCCOCC(F)(F)F)CC1)C1CCCNC1.Cl. The van der Waals surface area contributed by atoms with Gasteiger partial charge in [0.15, 0.2) is 0 Å². The fourth-order valence-corrected chi connectivity index (χ4v) is 3.73. The maximum atomic E-state index is 12.5. The largest absolute Gasteiger partial charge is 0.411 e. The minimum absolute atomic E-state index is 0. The molecule has 2 atom stereocenters. The second-order valence-corrected chi connectivity index (χ2v) is 7.53. The lowest BCUT2D eigenvalue weighted by Crippen LogP contribution is -2.49. The molecule has 2 saturated heterocycles. The van der Waals surface area contributed by atoms with E-state index < -0.39 is 12.8 Å². The highest BCUT2D eigenvalue weighted by Crippen LogP contribution is 2.23. The van der Waals surface area contributed by atoms with Gasteiger partial charge in [-0.25, -0.2) is 0 Å². The first-order chi connectivity index (χ1) is 12.3. The minimum atomic E-state index is -4.25. The van der Waals surface area contributed by atoms with Crippen molar-refractivity contribution in [1.82, 2.24) is 15.1 Å². The number of carbonyl (C=O) groups excluding carboxylic acids is 1. The molecule has 2 aliphatic heterocycles. The van der Waals surface area contributed by atoms with Gasteiger partial charge in [-0.05, 0) is 44.2 Å². The molecule has 9 heteroatoms. The summed E-state index contributed by atoms with van der Waals surface area (Å²) in [5, 5.41) is 3.41. The number of amides is 1. The third-order valence-electron chi connectivity index (χ3n) is 5.39. The summed E-state index contributed by atoms with van der Waals surface area (Å²) in [4.78, 5) is 16.6. The van der Waals surface area contributed by atoms with E-state index in [1.165, 1.54) is 12.8 Å². The molecule has 0 radical (unpaired) electrons. The lowest BCUT2D eigenvalue weighted by Gasteiger charge is -2.36. The number of piperazine rings is 1. The summed E-state index contributed by atoms with van der Waals surface area (Å²) in [5.74, 6) is 1.22. The van der Waals surface area contributed by atoms with Gasteiger partial charge in [0.1, 0.15) is 6.61 Å². The van der Waals surface area contributed by atoms with Crippen LogP contribution >= 0.6 is 12.4 Å². The second kappa shape index (κ2) is 12.1. The van der Waals surface area contributed by atoms with Crippen LogP contribution < -0.4 is 5.32 Å². The van der Waals surface area contributed by atoms with Gasteiger partial charge >= 0.3 is 6.18 Å². The van der Waals surface area contributed by atoms with Gasteiger partial charge in [0.05, 0.1) is 0 Å². The first kappa shape index (κ1) is 24.5. The van der Waals surface area contributed by atoms with Crippen LogP contribution in [-0.2, 0) is 9.53 Å². The van der Waals surface area contributed by atoms with E-state index >= 15 is 0 Å². The molecular formula is C18H33ClF3N3O2. The number of piperidine rings is 1. The van der Waals surface area contributed by atoms with Crippen molar-refractivity contribution in [2.24, 2.45) is 11.8 Å². The van der Waals surface area contributed by atoms with Crippen molar-refractivity contribution in [2.75, 3.05) is 59.0 Å². The number of alkyl halides is 3. The van der Waals surface area contributed by atoms with Crippen LogP contribution in [-0.4, -0.2) is 80.9 Å². The van der Waals surface area contributed by atoms with Crippen LogP contribution in [0.3, 0.4) is 0 Å². The average Bonchev–Trinajstić information content (AvgIpc) is 2.61. The monoisotopic (exact) mass is 415 g/mol. The van der Waals surface area contributed by atoms with E-state index in [-0.39, 0.29) is 24.9 Å². The number of hydrogen-bond donors (Lipinski definition) is 1. The van der Waals surface area contributed by atoms with E-state index in [0.717, 1.165) is 26.2 Å². The van der Waals surface area contributed by atoms with Crippen LogP contribution in [0.5, 0.6) is 0 Å². The normalized spacial score (nSPS) is 23.0. The van der Waals surface area contributed by atoms with E-state index in [1.807, 2.05) is 4.90 Å². The molecule has 0 aromatic rings. The molecule has 5 nitrogen and oxygen atoms in total. The Morgan fingerprint density at radius 3 is 2.56 bits per heavy atom. The Bertz CT molecular complexity index is 427. The lowest BCUT2D eigenvalue weighted by molar-refractivity contribution is -0.174. The van der Waals surface area contributed by atoms with E-state index in [4.69, 9.17) is 0 Å². The summed E-state index contributed by atoms with van der Waals surface area (Å²) >= 11 is 0. The molecule has 2 fully saturated rings. The first-order valence-electron chi connectivity index (χ1n) is 9.70. The Kier molecular flexibility index (Phi) is 11.0. The Labute approximate surface area is 166 Å². The van der Waals surface area contributed by atoms with Crippen molar-refractivity contribution in [3.8, 4) is 0 Å². The lowest BCUT2D eigenvalue weighted by atomic mass is 9.85. The number of ether oxygens (including phenoxy) is 1. The molecule has 2 rings (SSSR count). The van der Waals surface area contributed by atoms with Crippen molar-refractivity contribution in [2.45, 2.75) is 38.8 Å². The number of rotatable bonds is 8. The van der Waals surface area contributed by atoms with E-state index in [1.54, 1.807) is 0 Å². The topological polar surface area (TPSA) is 44.8 Å². The summed E-state index contributed by atoms with van der Waals surface area (Å²) < 4.78 is 40.6. The molecule has 0 bridgehead atoms. The maximum Gasteiger partial charge on any atom is 0.411 e. The van der Waals surface area contributed by atoms with Gasteiger partial charge in [-0.3, -0.25) is 9.69 Å². The molecule has 0 saturated carbocycles. The van der Waals surface area contributed by atoms with Crippen molar-refractivity contribution < 1.29 is 22.7 Å². The molecule has 2 aliphatic rings. The van der Waals surface area contributed by atoms with Crippen molar-refractivity contribution in [1.29, 1.82) is 0 Å². The zero-order valence-electron chi connectivity index (χ0n) is 16.1. The van der Waals surface area contributed by atoms with Crippen LogP contribution in [0.1, 0.15) is 32.6 Å². The minimum Gasteiger partial charge on any atom is -0.372 e. The fourth-order valence-electron chi connectivity index (χ4n) is 3.73. The van der Waals surface area contributed by atoms with Gasteiger partial charge in [-0.1, -0.05) is 6.92 Å². The summed E-state index contributed by atoms with van der Waals surface area (Å²) in [6.45, 7) is 6.90. The molecule has 1 N–H and O–H groups in total. The predicted molar refractivity (Wildman–Crippen MR) is 101 cm³/mol. The maximum absolute atomic E-state index is 12.5. The van der Waals surface area contributed by atoms with Gasteiger partial charge in [0.2, 0.25) is 5.91 Å². The zero-order chi connectivity index (χ0) is 19.0. The third-order valence-corrected chi connectivity index (χ3v) is 5.39. The van der Waals surface area contributed by atoms with Gasteiger partial charge in [-0.2, -0.15) is 13.2 Å². The molecule has 0 aromatic heterocycles. The molecular weight excluding hydrogens is 383 g/mol. The first-order valence-corrected chi connectivity index (χ1v) is 9.70. The number of nitrogens with one attached hydrogen (secondary N) is 1. The number of carbonyl (C=O) groups is 1.